The lowest BCUT2D eigenvalue weighted by Crippen LogP contribution is -2.57. The van der Waals surface area contributed by atoms with Crippen LogP contribution in [-0.4, -0.2) is 63.1 Å². The van der Waals surface area contributed by atoms with Gasteiger partial charge in [-0.05, 0) is 103 Å². The number of rotatable bonds is 10. The number of aryl methyl sites for hydroxylation is 1. The van der Waals surface area contributed by atoms with E-state index in [-0.39, 0.29) is 23.6 Å². The SMILES string of the molecule is CCC(C)N(C(=O)C(CCSC)NC(=O)OC(C)(C)C)C(C(=O)NC(C)(C)C)c1ccc(O)c(C)c1. The Bertz CT molecular complexity index is 908. The molecule has 1 aromatic rings. The van der Waals surface area contributed by atoms with Gasteiger partial charge in [-0.15, -0.1) is 0 Å². The van der Waals surface area contributed by atoms with Crippen LogP contribution in [0, 0.1) is 6.92 Å². The Hall–Kier alpha value is -2.42. The number of hydrogen-bond acceptors (Lipinski definition) is 6. The predicted octanol–water partition coefficient (Wildman–Crippen LogP) is 4.93. The highest BCUT2D eigenvalue weighted by Gasteiger charge is 2.39. The summed E-state index contributed by atoms with van der Waals surface area (Å²) in [6.07, 6.45) is 2.24. The van der Waals surface area contributed by atoms with E-state index >= 15 is 0 Å². The molecule has 0 aliphatic carbocycles. The number of ether oxygens (including phenoxy) is 1. The van der Waals surface area contributed by atoms with Crippen LogP contribution in [0.5, 0.6) is 5.75 Å². The van der Waals surface area contributed by atoms with Gasteiger partial charge >= 0.3 is 6.09 Å². The van der Waals surface area contributed by atoms with Gasteiger partial charge in [-0.3, -0.25) is 9.59 Å². The molecular weight excluding hydrogens is 478 g/mol. The van der Waals surface area contributed by atoms with Gasteiger partial charge in [0.25, 0.3) is 0 Å². The second-order valence-corrected chi connectivity index (χ2v) is 12.2. The van der Waals surface area contributed by atoms with E-state index in [0.717, 1.165) is 0 Å². The van der Waals surface area contributed by atoms with Gasteiger partial charge in [0, 0.05) is 11.6 Å². The van der Waals surface area contributed by atoms with Crippen molar-refractivity contribution in [3.05, 3.63) is 29.3 Å². The van der Waals surface area contributed by atoms with Crippen molar-refractivity contribution in [3.8, 4) is 5.75 Å². The van der Waals surface area contributed by atoms with Crippen molar-refractivity contribution in [1.29, 1.82) is 0 Å². The number of nitrogens with one attached hydrogen (secondary N) is 2. The first kappa shape index (κ1) is 31.6. The van der Waals surface area contributed by atoms with Crippen molar-refractivity contribution in [3.63, 3.8) is 0 Å². The zero-order chi connectivity index (χ0) is 27.8. The average molecular weight is 524 g/mol. The fraction of sp³-hybridized carbons (Fsp3) is 0.667. The largest absolute Gasteiger partial charge is 0.508 e. The summed E-state index contributed by atoms with van der Waals surface area (Å²) in [4.78, 5) is 42.0. The summed E-state index contributed by atoms with van der Waals surface area (Å²) in [6, 6.07) is 2.79. The Morgan fingerprint density at radius 1 is 1.14 bits per heavy atom. The summed E-state index contributed by atoms with van der Waals surface area (Å²) in [7, 11) is 0. The quantitative estimate of drug-likeness (QED) is 0.401. The molecular formula is C27H45N3O5S. The normalized spacial score (nSPS) is 14.4. The van der Waals surface area contributed by atoms with E-state index in [1.807, 2.05) is 40.9 Å². The summed E-state index contributed by atoms with van der Waals surface area (Å²) in [5, 5.41) is 15.8. The second kappa shape index (κ2) is 13.2. The smallest absolute Gasteiger partial charge is 0.408 e. The maximum atomic E-state index is 14.1. The lowest BCUT2D eigenvalue weighted by atomic mass is 9.96. The van der Waals surface area contributed by atoms with E-state index in [1.165, 1.54) is 6.07 Å². The zero-order valence-electron chi connectivity index (χ0n) is 23.5. The van der Waals surface area contributed by atoms with Gasteiger partial charge < -0.3 is 25.4 Å². The lowest BCUT2D eigenvalue weighted by molar-refractivity contribution is -0.145. The molecule has 8 nitrogen and oxygen atoms in total. The molecule has 3 unspecified atom stereocenters. The van der Waals surface area contributed by atoms with Crippen LogP contribution in [0.1, 0.15) is 85.4 Å². The molecule has 0 saturated carbocycles. The molecule has 0 aliphatic heterocycles. The highest BCUT2D eigenvalue weighted by atomic mass is 32.2. The number of amides is 3. The Kier molecular flexibility index (Phi) is 11.6. The van der Waals surface area contributed by atoms with Crippen LogP contribution in [-0.2, 0) is 14.3 Å². The number of nitrogens with zero attached hydrogens (tertiary/aromatic N) is 1. The Balaban J connectivity index is 3.58. The number of carbonyl (C=O) groups is 3. The number of benzene rings is 1. The predicted molar refractivity (Wildman–Crippen MR) is 146 cm³/mol. The minimum absolute atomic E-state index is 0.111. The van der Waals surface area contributed by atoms with Crippen LogP contribution >= 0.6 is 11.8 Å². The first-order chi connectivity index (χ1) is 16.5. The first-order valence-electron chi connectivity index (χ1n) is 12.4. The molecule has 1 aromatic carbocycles. The van der Waals surface area contributed by atoms with Crippen molar-refractivity contribution in [2.45, 2.75) is 104 Å². The van der Waals surface area contributed by atoms with E-state index < -0.39 is 29.3 Å². The van der Waals surface area contributed by atoms with Gasteiger partial charge in [-0.2, -0.15) is 11.8 Å². The van der Waals surface area contributed by atoms with Crippen molar-refractivity contribution in [2.24, 2.45) is 0 Å². The van der Waals surface area contributed by atoms with E-state index in [2.05, 4.69) is 10.6 Å². The van der Waals surface area contributed by atoms with Gasteiger partial charge in [-0.1, -0.05) is 13.0 Å². The Morgan fingerprint density at radius 3 is 2.22 bits per heavy atom. The number of phenols is 1. The molecule has 0 saturated heterocycles. The molecule has 0 bridgehead atoms. The third-order valence-electron chi connectivity index (χ3n) is 5.48. The Morgan fingerprint density at radius 2 is 1.75 bits per heavy atom. The third kappa shape index (κ3) is 9.91. The van der Waals surface area contributed by atoms with Gasteiger partial charge in [-0.25, -0.2) is 4.79 Å². The third-order valence-corrected chi connectivity index (χ3v) is 6.13. The molecule has 0 spiro atoms. The van der Waals surface area contributed by atoms with Gasteiger partial charge in [0.2, 0.25) is 11.8 Å². The molecule has 204 valence electrons. The zero-order valence-corrected chi connectivity index (χ0v) is 24.3. The number of alkyl carbamates (subject to hydrolysis) is 1. The summed E-state index contributed by atoms with van der Waals surface area (Å²) < 4.78 is 5.42. The van der Waals surface area contributed by atoms with Gasteiger partial charge in [0.1, 0.15) is 23.4 Å². The summed E-state index contributed by atoms with van der Waals surface area (Å²) in [5.41, 5.74) is -0.0601. The summed E-state index contributed by atoms with van der Waals surface area (Å²) >= 11 is 1.57. The lowest BCUT2D eigenvalue weighted by Gasteiger charge is -2.39. The van der Waals surface area contributed by atoms with Crippen molar-refractivity contribution < 1.29 is 24.2 Å². The van der Waals surface area contributed by atoms with Crippen LogP contribution in [0.15, 0.2) is 18.2 Å². The number of aromatic hydroxyl groups is 1. The minimum atomic E-state index is -0.955. The minimum Gasteiger partial charge on any atom is -0.508 e. The van der Waals surface area contributed by atoms with Crippen LogP contribution < -0.4 is 10.6 Å². The Labute approximate surface area is 220 Å². The van der Waals surface area contributed by atoms with Crippen molar-refractivity contribution in [1.82, 2.24) is 15.5 Å². The molecule has 0 aliphatic rings. The van der Waals surface area contributed by atoms with Crippen molar-refractivity contribution in [2.75, 3.05) is 12.0 Å². The van der Waals surface area contributed by atoms with Crippen LogP contribution in [0.3, 0.4) is 0 Å². The second-order valence-electron chi connectivity index (χ2n) is 11.2. The molecule has 3 N–H and O–H groups in total. The summed E-state index contributed by atoms with van der Waals surface area (Å²) in [5.74, 6) is 0.0586. The maximum absolute atomic E-state index is 14.1. The number of hydrogen-bond donors (Lipinski definition) is 3. The van der Waals surface area contributed by atoms with Crippen molar-refractivity contribution >= 4 is 29.7 Å². The molecule has 0 fully saturated rings. The molecule has 9 heteroatoms. The van der Waals surface area contributed by atoms with E-state index in [4.69, 9.17) is 4.74 Å². The monoisotopic (exact) mass is 523 g/mol. The standard InChI is InChI=1S/C27H45N3O5S/c1-11-18(3)30(24(33)20(14-15-36-10)28-25(34)35-27(7,8)9)22(23(32)29-26(4,5)6)19-12-13-21(31)17(2)16-19/h12-13,16,18,20,22,31H,11,14-15H2,1-10H3,(H,28,34)(H,29,32). The van der Waals surface area contributed by atoms with Gasteiger partial charge in [0.05, 0.1) is 0 Å². The number of phenolic OH excluding ortho intramolecular Hbond substituents is 1. The number of carbonyl (C=O) groups excluding carboxylic acids is 3. The highest BCUT2D eigenvalue weighted by molar-refractivity contribution is 7.98. The molecule has 0 heterocycles. The van der Waals surface area contributed by atoms with Gasteiger partial charge in [0.15, 0.2) is 0 Å². The first-order valence-corrected chi connectivity index (χ1v) is 13.8. The van der Waals surface area contributed by atoms with Crippen LogP contribution in [0.2, 0.25) is 0 Å². The van der Waals surface area contributed by atoms with E-state index in [1.54, 1.807) is 56.5 Å². The summed E-state index contributed by atoms with van der Waals surface area (Å²) in [6.45, 7) is 16.5. The molecule has 0 radical (unpaired) electrons. The molecule has 3 amide bonds. The maximum Gasteiger partial charge on any atom is 0.408 e. The van der Waals surface area contributed by atoms with Crippen LogP contribution in [0.4, 0.5) is 4.79 Å². The molecule has 0 aromatic heterocycles. The molecule has 1 rings (SSSR count). The topological polar surface area (TPSA) is 108 Å². The van der Waals surface area contributed by atoms with Crippen LogP contribution in [0.25, 0.3) is 0 Å². The van der Waals surface area contributed by atoms with E-state index in [9.17, 15) is 19.5 Å². The fourth-order valence-electron chi connectivity index (χ4n) is 3.64. The van der Waals surface area contributed by atoms with E-state index in [0.29, 0.717) is 29.7 Å². The average Bonchev–Trinajstić information content (AvgIpc) is 2.73. The highest BCUT2D eigenvalue weighted by Crippen LogP contribution is 2.30. The fourth-order valence-corrected chi connectivity index (χ4v) is 4.11. The molecule has 36 heavy (non-hydrogen) atoms. The number of thioether (sulfide) groups is 1. The molecule has 3 atom stereocenters.